The monoisotopic (exact) mass is 283 g/mol. The van der Waals surface area contributed by atoms with Gasteiger partial charge in [0.2, 0.25) is 5.91 Å². The van der Waals surface area contributed by atoms with Crippen molar-refractivity contribution in [3.8, 4) is 5.75 Å². The molecule has 0 bridgehead atoms. The molecule has 0 aromatic heterocycles. The quantitative estimate of drug-likeness (QED) is 0.763. The molecule has 0 aliphatic rings. The van der Waals surface area contributed by atoms with E-state index in [0.29, 0.717) is 6.42 Å². The van der Waals surface area contributed by atoms with Gasteiger partial charge in [-0.15, -0.1) is 0 Å². The average molecular weight is 283 g/mol. The summed E-state index contributed by atoms with van der Waals surface area (Å²) in [5.74, 6) is -2.23. The van der Waals surface area contributed by atoms with Gasteiger partial charge in [0.15, 0.2) is 11.6 Å². The highest BCUT2D eigenvalue weighted by molar-refractivity contribution is 5.77. The molecule has 0 spiro atoms. The number of aliphatic carboxylic acids is 1. The Balaban J connectivity index is 2.27. The van der Waals surface area contributed by atoms with E-state index in [1.165, 1.54) is 12.1 Å². The van der Waals surface area contributed by atoms with Crippen molar-refractivity contribution < 1.29 is 23.8 Å². The van der Waals surface area contributed by atoms with Crippen LogP contribution in [0.2, 0.25) is 0 Å². The molecule has 1 atom stereocenters. The summed E-state index contributed by atoms with van der Waals surface area (Å²) in [7, 11) is 0. The molecule has 1 amide bonds. The van der Waals surface area contributed by atoms with Gasteiger partial charge < -0.3 is 15.2 Å². The molecule has 1 aromatic carbocycles. The number of carbonyl (C=O) groups excluding carboxylic acids is 1. The fraction of sp³-hybridized carbons (Fsp3) is 0.429. The van der Waals surface area contributed by atoms with Crippen LogP contribution in [0.4, 0.5) is 4.39 Å². The molecule has 0 heterocycles. The molecule has 0 fully saturated rings. The minimum Gasteiger partial charge on any atom is -0.490 e. The largest absolute Gasteiger partial charge is 0.490 e. The first kappa shape index (κ1) is 15.9. The van der Waals surface area contributed by atoms with E-state index in [9.17, 15) is 14.0 Å². The lowest BCUT2D eigenvalue weighted by Gasteiger charge is -2.11. The van der Waals surface area contributed by atoms with Crippen LogP contribution in [-0.4, -0.2) is 30.1 Å². The Kier molecular flexibility index (Phi) is 6.49. The third-order valence-electron chi connectivity index (χ3n) is 2.81. The van der Waals surface area contributed by atoms with Crippen molar-refractivity contribution in [1.82, 2.24) is 5.32 Å². The SMILES string of the molecule is CCC(CNC(=O)CCOc1ccccc1F)C(=O)O. The summed E-state index contributed by atoms with van der Waals surface area (Å²) in [6, 6.07) is 5.93. The summed E-state index contributed by atoms with van der Waals surface area (Å²) in [6.07, 6.45) is 0.492. The minimum atomic E-state index is -0.935. The van der Waals surface area contributed by atoms with Gasteiger partial charge in [0.05, 0.1) is 18.9 Å². The highest BCUT2D eigenvalue weighted by atomic mass is 19.1. The van der Waals surface area contributed by atoms with Gasteiger partial charge in [0.1, 0.15) is 0 Å². The van der Waals surface area contributed by atoms with Gasteiger partial charge >= 0.3 is 5.97 Å². The third-order valence-corrected chi connectivity index (χ3v) is 2.81. The zero-order chi connectivity index (χ0) is 15.0. The van der Waals surface area contributed by atoms with E-state index >= 15 is 0 Å². The molecule has 0 aliphatic heterocycles. The zero-order valence-electron chi connectivity index (χ0n) is 11.3. The first-order chi connectivity index (χ1) is 9.54. The predicted molar refractivity (Wildman–Crippen MR) is 70.9 cm³/mol. The van der Waals surface area contributed by atoms with Crippen molar-refractivity contribution in [2.24, 2.45) is 5.92 Å². The Morgan fingerprint density at radius 3 is 2.70 bits per heavy atom. The summed E-state index contributed by atoms with van der Waals surface area (Å²) in [5, 5.41) is 11.3. The highest BCUT2D eigenvalue weighted by Gasteiger charge is 2.15. The van der Waals surface area contributed by atoms with E-state index < -0.39 is 17.7 Å². The second-order valence-electron chi connectivity index (χ2n) is 4.28. The van der Waals surface area contributed by atoms with Gasteiger partial charge in [0.25, 0.3) is 0 Å². The smallest absolute Gasteiger partial charge is 0.308 e. The van der Waals surface area contributed by atoms with Crippen LogP contribution < -0.4 is 10.1 Å². The lowest BCUT2D eigenvalue weighted by atomic mass is 10.1. The summed E-state index contributed by atoms with van der Waals surface area (Å²) >= 11 is 0. The number of benzene rings is 1. The van der Waals surface area contributed by atoms with Crippen molar-refractivity contribution >= 4 is 11.9 Å². The van der Waals surface area contributed by atoms with Gasteiger partial charge in [-0.05, 0) is 18.6 Å². The summed E-state index contributed by atoms with van der Waals surface area (Å²) in [5.41, 5.74) is 0. The van der Waals surface area contributed by atoms with Crippen molar-refractivity contribution in [2.75, 3.05) is 13.2 Å². The molecule has 0 radical (unpaired) electrons. The zero-order valence-corrected chi connectivity index (χ0v) is 11.3. The van der Waals surface area contributed by atoms with Gasteiger partial charge in [-0.2, -0.15) is 0 Å². The Hall–Kier alpha value is -2.11. The molecule has 110 valence electrons. The standard InChI is InChI=1S/C14H18FNO4/c1-2-10(14(18)19)9-16-13(17)7-8-20-12-6-4-3-5-11(12)15/h3-6,10H,2,7-9H2,1H3,(H,16,17)(H,18,19). The topological polar surface area (TPSA) is 75.6 Å². The Morgan fingerprint density at radius 2 is 2.10 bits per heavy atom. The maximum absolute atomic E-state index is 13.2. The van der Waals surface area contributed by atoms with Crippen LogP contribution in [0.25, 0.3) is 0 Å². The molecule has 0 saturated heterocycles. The third kappa shape index (κ3) is 5.26. The van der Waals surface area contributed by atoms with Crippen LogP contribution in [0.15, 0.2) is 24.3 Å². The van der Waals surface area contributed by atoms with Crippen LogP contribution in [-0.2, 0) is 9.59 Å². The predicted octanol–water partition coefficient (Wildman–Crippen LogP) is 1.82. The molecule has 1 rings (SSSR count). The first-order valence-corrected chi connectivity index (χ1v) is 6.41. The Labute approximate surface area is 116 Å². The molecule has 5 nitrogen and oxygen atoms in total. The van der Waals surface area contributed by atoms with E-state index in [0.717, 1.165) is 0 Å². The summed E-state index contributed by atoms with van der Waals surface area (Å²) in [4.78, 5) is 22.2. The number of halogens is 1. The van der Waals surface area contributed by atoms with Crippen molar-refractivity contribution in [1.29, 1.82) is 0 Å². The van der Waals surface area contributed by atoms with Crippen molar-refractivity contribution in [3.63, 3.8) is 0 Å². The van der Waals surface area contributed by atoms with Gasteiger partial charge in [-0.1, -0.05) is 19.1 Å². The highest BCUT2D eigenvalue weighted by Crippen LogP contribution is 2.15. The van der Waals surface area contributed by atoms with Crippen LogP contribution >= 0.6 is 0 Å². The number of amides is 1. The number of rotatable bonds is 8. The molecule has 6 heteroatoms. The second-order valence-corrected chi connectivity index (χ2v) is 4.28. The number of hydrogen-bond donors (Lipinski definition) is 2. The lowest BCUT2D eigenvalue weighted by molar-refractivity contribution is -0.141. The van der Waals surface area contributed by atoms with E-state index in [1.54, 1.807) is 19.1 Å². The van der Waals surface area contributed by atoms with Crippen LogP contribution in [0.3, 0.4) is 0 Å². The first-order valence-electron chi connectivity index (χ1n) is 6.41. The molecular weight excluding hydrogens is 265 g/mol. The number of ether oxygens (including phenoxy) is 1. The second kappa shape index (κ2) is 8.14. The number of carboxylic acid groups (broad SMARTS) is 1. The molecule has 2 N–H and O–H groups in total. The van der Waals surface area contributed by atoms with Crippen LogP contribution in [0.5, 0.6) is 5.75 Å². The number of hydrogen-bond acceptors (Lipinski definition) is 3. The molecule has 20 heavy (non-hydrogen) atoms. The molecule has 0 saturated carbocycles. The molecule has 0 aliphatic carbocycles. The Morgan fingerprint density at radius 1 is 1.40 bits per heavy atom. The maximum Gasteiger partial charge on any atom is 0.308 e. The number of carboxylic acids is 1. The molecular formula is C14H18FNO4. The van der Waals surface area contributed by atoms with Crippen LogP contribution in [0, 0.1) is 11.7 Å². The normalized spacial score (nSPS) is 11.7. The minimum absolute atomic E-state index is 0.0383. The Bertz CT molecular complexity index is 464. The molecule has 1 unspecified atom stereocenters. The van der Waals surface area contributed by atoms with E-state index in [1.807, 2.05) is 0 Å². The van der Waals surface area contributed by atoms with Crippen molar-refractivity contribution in [3.05, 3.63) is 30.1 Å². The van der Waals surface area contributed by atoms with Gasteiger partial charge in [-0.3, -0.25) is 9.59 Å². The number of nitrogens with one attached hydrogen (secondary N) is 1. The summed E-state index contributed by atoms with van der Waals surface area (Å²) < 4.78 is 18.3. The lowest BCUT2D eigenvalue weighted by Crippen LogP contribution is -2.33. The summed E-state index contributed by atoms with van der Waals surface area (Å²) in [6.45, 7) is 1.87. The maximum atomic E-state index is 13.2. The number of para-hydroxylation sites is 1. The van der Waals surface area contributed by atoms with E-state index in [-0.39, 0.29) is 31.2 Å². The van der Waals surface area contributed by atoms with Crippen LogP contribution in [0.1, 0.15) is 19.8 Å². The van der Waals surface area contributed by atoms with Gasteiger partial charge in [0, 0.05) is 6.54 Å². The van der Waals surface area contributed by atoms with E-state index in [4.69, 9.17) is 9.84 Å². The fourth-order valence-electron chi connectivity index (χ4n) is 1.55. The van der Waals surface area contributed by atoms with Gasteiger partial charge in [-0.25, -0.2) is 4.39 Å². The van der Waals surface area contributed by atoms with E-state index in [2.05, 4.69) is 5.32 Å². The molecule has 1 aromatic rings. The number of carbonyl (C=O) groups is 2. The fourth-order valence-corrected chi connectivity index (χ4v) is 1.55. The van der Waals surface area contributed by atoms with Crippen molar-refractivity contribution in [2.45, 2.75) is 19.8 Å². The average Bonchev–Trinajstić information content (AvgIpc) is 2.41.